The highest BCUT2D eigenvalue weighted by Gasteiger charge is 2.28. The number of hydrogen-bond acceptors (Lipinski definition) is 3. The lowest BCUT2D eigenvalue weighted by molar-refractivity contribution is 0.0449. The van der Waals surface area contributed by atoms with E-state index in [2.05, 4.69) is 0 Å². The van der Waals surface area contributed by atoms with Crippen molar-refractivity contribution in [3.63, 3.8) is 0 Å². The normalized spacial score (nSPS) is 25.8. The van der Waals surface area contributed by atoms with Gasteiger partial charge in [-0.15, -0.1) is 0 Å². The Morgan fingerprint density at radius 1 is 1.44 bits per heavy atom. The molecule has 0 aromatic heterocycles. The predicted octanol–water partition coefficient (Wildman–Crippen LogP) is 1.76. The molecule has 1 heterocycles. The third kappa shape index (κ3) is 2.44. The Bertz CT molecular complexity index is 372. The third-order valence-electron chi connectivity index (χ3n) is 2.94. The van der Waals surface area contributed by atoms with Gasteiger partial charge in [0.15, 0.2) is 0 Å². The number of nitrogens with zero attached hydrogens (tertiary/aromatic N) is 1. The van der Waals surface area contributed by atoms with Gasteiger partial charge in [-0.3, -0.25) is 0 Å². The molecule has 0 spiro atoms. The van der Waals surface area contributed by atoms with Crippen LogP contribution in [0.1, 0.15) is 19.8 Å². The van der Waals surface area contributed by atoms with Gasteiger partial charge in [-0.05, 0) is 38.0 Å². The van der Waals surface area contributed by atoms with Crippen molar-refractivity contribution >= 4 is 11.4 Å². The summed E-state index contributed by atoms with van der Waals surface area (Å²) in [6, 6.07) is 4.49. The molecule has 1 unspecified atom stereocenters. The lowest BCUT2D eigenvalue weighted by Gasteiger charge is -2.38. The van der Waals surface area contributed by atoms with Crippen LogP contribution < -0.4 is 10.6 Å². The number of nitrogens with two attached hydrogens (primary N) is 1. The molecule has 1 aromatic rings. The van der Waals surface area contributed by atoms with Crippen LogP contribution in [0.2, 0.25) is 0 Å². The van der Waals surface area contributed by atoms with Crippen molar-refractivity contribution in [2.45, 2.75) is 25.4 Å². The summed E-state index contributed by atoms with van der Waals surface area (Å²) in [6.45, 7) is 3.16. The number of hydrogen-bond donors (Lipinski definition) is 2. The number of rotatable bonds is 1. The second-order valence-corrected chi connectivity index (χ2v) is 4.76. The molecule has 0 bridgehead atoms. The highest BCUT2D eigenvalue weighted by Crippen LogP contribution is 2.27. The number of halogens is 1. The number of benzene rings is 1. The Labute approximate surface area is 94.7 Å². The molecule has 1 saturated heterocycles. The number of aliphatic hydroxyl groups is 1. The molecule has 2 rings (SSSR count). The van der Waals surface area contributed by atoms with Crippen LogP contribution in [0.4, 0.5) is 15.8 Å². The van der Waals surface area contributed by atoms with Crippen molar-refractivity contribution in [2.75, 3.05) is 23.7 Å². The molecule has 88 valence electrons. The van der Waals surface area contributed by atoms with Gasteiger partial charge in [0.1, 0.15) is 5.82 Å². The maximum Gasteiger partial charge on any atom is 0.127 e. The van der Waals surface area contributed by atoms with E-state index in [4.69, 9.17) is 5.73 Å². The Balaban J connectivity index is 2.23. The first-order valence-electron chi connectivity index (χ1n) is 5.50. The van der Waals surface area contributed by atoms with E-state index >= 15 is 0 Å². The minimum absolute atomic E-state index is 0.333. The van der Waals surface area contributed by atoms with Crippen LogP contribution in [0.5, 0.6) is 0 Å². The summed E-state index contributed by atoms with van der Waals surface area (Å²) in [4.78, 5) is 1.98. The fourth-order valence-electron chi connectivity index (χ4n) is 2.22. The summed E-state index contributed by atoms with van der Waals surface area (Å²) < 4.78 is 13.2. The molecule has 0 amide bonds. The first-order valence-corrected chi connectivity index (χ1v) is 5.50. The maximum atomic E-state index is 13.2. The summed E-state index contributed by atoms with van der Waals surface area (Å²) in [5.41, 5.74) is 6.07. The van der Waals surface area contributed by atoms with Crippen molar-refractivity contribution < 1.29 is 9.50 Å². The van der Waals surface area contributed by atoms with Gasteiger partial charge in [-0.2, -0.15) is 0 Å². The van der Waals surface area contributed by atoms with Crippen LogP contribution in [0.25, 0.3) is 0 Å². The lowest BCUT2D eigenvalue weighted by atomic mass is 9.95. The lowest BCUT2D eigenvalue weighted by Crippen LogP contribution is -2.46. The van der Waals surface area contributed by atoms with Gasteiger partial charge < -0.3 is 15.7 Å². The molecule has 3 nitrogen and oxygen atoms in total. The average Bonchev–Trinajstić information content (AvgIpc) is 2.14. The van der Waals surface area contributed by atoms with Gasteiger partial charge in [0, 0.05) is 24.5 Å². The molecule has 1 aliphatic rings. The zero-order chi connectivity index (χ0) is 11.8. The van der Waals surface area contributed by atoms with E-state index in [0.717, 1.165) is 25.1 Å². The first-order chi connectivity index (χ1) is 7.46. The van der Waals surface area contributed by atoms with Crippen molar-refractivity contribution in [1.82, 2.24) is 0 Å². The molecule has 0 aliphatic carbocycles. The van der Waals surface area contributed by atoms with Crippen LogP contribution in [0, 0.1) is 5.82 Å². The van der Waals surface area contributed by atoms with Crippen LogP contribution >= 0.6 is 0 Å². The van der Waals surface area contributed by atoms with Crippen molar-refractivity contribution in [3.05, 3.63) is 24.0 Å². The minimum Gasteiger partial charge on any atom is -0.399 e. The van der Waals surface area contributed by atoms with E-state index in [-0.39, 0.29) is 5.82 Å². The quantitative estimate of drug-likeness (QED) is 0.715. The van der Waals surface area contributed by atoms with E-state index in [1.807, 2.05) is 11.8 Å². The fourth-order valence-corrected chi connectivity index (χ4v) is 2.22. The predicted molar refractivity (Wildman–Crippen MR) is 62.9 cm³/mol. The van der Waals surface area contributed by atoms with Crippen molar-refractivity contribution in [1.29, 1.82) is 0 Å². The molecule has 1 aromatic carbocycles. The molecule has 16 heavy (non-hydrogen) atoms. The molecular formula is C12H17FN2O. The zero-order valence-corrected chi connectivity index (χ0v) is 9.41. The molecule has 1 aliphatic heterocycles. The zero-order valence-electron chi connectivity index (χ0n) is 9.41. The fraction of sp³-hybridized carbons (Fsp3) is 0.500. The van der Waals surface area contributed by atoms with Crippen LogP contribution in [0.3, 0.4) is 0 Å². The second-order valence-electron chi connectivity index (χ2n) is 4.76. The first kappa shape index (κ1) is 11.2. The number of piperidine rings is 1. The minimum atomic E-state index is -0.695. The molecule has 1 atom stereocenters. The van der Waals surface area contributed by atoms with Crippen molar-refractivity contribution in [3.8, 4) is 0 Å². The van der Waals surface area contributed by atoms with Gasteiger partial charge in [0.05, 0.1) is 5.60 Å². The summed E-state index contributed by atoms with van der Waals surface area (Å²) in [5.74, 6) is -0.333. The standard InChI is InChI=1S/C12H17FN2O/c1-12(16)3-2-4-15(8-12)11-6-9(13)5-10(14)7-11/h5-7,16H,2-4,8,14H2,1H3. The van der Waals surface area contributed by atoms with E-state index in [9.17, 15) is 9.50 Å². The molecule has 1 fully saturated rings. The van der Waals surface area contributed by atoms with Gasteiger partial charge in [-0.25, -0.2) is 4.39 Å². The largest absolute Gasteiger partial charge is 0.399 e. The summed E-state index contributed by atoms with van der Waals surface area (Å²) in [5, 5.41) is 9.98. The average molecular weight is 224 g/mol. The Hall–Kier alpha value is -1.29. The monoisotopic (exact) mass is 224 g/mol. The van der Waals surface area contributed by atoms with Gasteiger partial charge in [-0.1, -0.05) is 0 Å². The number of anilines is 2. The van der Waals surface area contributed by atoms with Gasteiger partial charge >= 0.3 is 0 Å². The third-order valence-corrected chi connectivity index (χ3v) is 2.94. The van der Waals surface area contributed by atoms with Crippen molar-refractivity contribution in [2.24, 2.45) is 0 Å². The SMILES string of the molecule is CC1(O)CCCN(c2cc(N)cc(F)c2)C1. The molecule has 0 saturated carbocycles. The topological polar surface area (TPSA) is 49.5 Å². The van der Waals surface area contributed by atoms with Gasteiger partial charge in [0.25, 0.3) is 0 Å². The smallest absolute Gasteiger partial charge is 0.127 e. The molecule has 0 radical (unpaired) electrons. The maximum absolute atomic E-state index is 13.2. The molecule has 4 heteroatoms. The van der Waals surface area contributed by atoms with E-state index in [1.54, 1.807) is 6.07 Å². The number of β-amino-alcohol motifs (C(OH)–C–C–N with tert-alkyl or cyclic N) is 1. The second kappa shape index (κ2) is 3.94. The van der Waals surface area contributed by atoms with Crippen LogP contribution in [0.15, 0.2) is 18.2 Å². The van der Waals surface area contributed by atoms with E-state index < -0.39 is 5.60 Å². The van der Waals surface area contributed by atoms with Crippen LogP contribution in [-0.4, -0.2) is 23.8 Å². The number of nitrogen functional groups attached to an aromatic ring is 1. The summed E-state index contributed by atoms with van der Waals surface area (Å²) >= 11 is 0. The van der Waals surface area contributed by atoms with Gasteiger partial charge in [0.2, 0.25) is 0 Å². The summed E-state index contributed by atoms with van der Waals surface area (Å²) in [7, 11) is 0. The Morgan fingerprint density at radius 2 is 2.19 bits per heavy atom. The Morgan fingerprint density at radius 3 is 2.81 bits per heavy atom. The molecular weight excluding hydrogens is 207 g/mol. The van der Waals surface area contributed by atoms with E-state index in [1.165, 1.54) is 12.1 Å². The highest BCUT2D eigenvalue weighted by molar-refractivity contribution is 5.56. The Kier molecular flexibility index (Phi) is 2.76. The highest BCUT2D eigenvalue weighted by atomic mass is 19.1. The van der Waals surface area contributed by atoms with Crippen LogP contribution in [-0.2, 0) is 0 Å². The van der Waals surface area contributed by atoms with E-state index in [0.29, 0.717) is 12.2 Å². The molecule has 3 N–H and O–H groups in total. The summed E-state index contributed by atoms with van der Waals surface area (Å²) in [6.07, 6.45) is 1.69.